The van der Waals surface area contributed by atoms with Crippen LogP contribution in [0.4, 0.5) is 5.82 Å². The topological polar surface area (TPSA) is 86.2 Å². The number of aryl methyl sites for hydroxylation is 2. The molecule has 0 saturated heterocycles. The van der Waals surface area contributed by atoms with E-state index in [2.05, 4.69) is 9.55 Å². The lowest BCUT2D eigenvalue weighted by atomic mass is 9.95. The average Bonchev–Trinajstić information content (AvgIpc) is 2.89. The second kappa shape index (κ2) is 6.09. The molecule has 2 heterocycles. The third kappa shape index (κ3) is 2.70. The molecule has 2 aromatic heterocycles. The predicted molar refractivity (Wildman–Crippen MR) is 90.3 cm³/mol. The Bertz CT molecular complexity index is 721. The molecule has 3 rings (SSSR count). The van der Waals surface area contributed by atoms with Crippen molar-refractivity contribution in [2.75, 3.05) is 18.9 Å². The molecule has 1 aliphatic carbocycles. The fourth-order valence-corrected chi connectivity index (χ4v) is 3.61. The summed E-state index contributed by atoms with van der Waals surface area (Å²) in [5.41, 5.74) is 9.73. The molecule has 1 aliphatic rings. The molecule has 0 bridgehead atoms. The lowest BCUT2D eigenvalue weighted by molar-refractivity contribution is -0.0232. The number of pyridine rings is 1. The van der Waals surface area contributed by atoms with Crippen molar-refractivity contribution in [3.8, 4) is 0 Å². The maximum absolute atomic E-state index is 9.55. The van der Waals surface area contributed by atoms with Crippen molar-refractivity contribution in [3.05, 3.63) is 17.1 Å². The van der Waals surface area contributed by atoms with Gasteiger partial charge in [-0.3, -0.25) is 0 Å². The highest BCUT2D eigenvalue weighted by molar-refractivity contribution is 5.89. The first-order valence-electron chi connectivity index (χ1n) is 8.42. The lowest BCUT2D eigenvalue weighted by Gasteiger charge is -2.25. The second-order valence-electron chi connectivity index (χ2n) is 6.58. The van der Waals surface area contributed by atoms with Crippen LogP contribution in [-0.2, 0) is 29.7 Å². The van der Waals surface area contributed by atoms with Gasteiger partial charge in [-0.25, -0.2) is 9.97 Å². The van der Waals surface area contributed by atoms with E-state index in [-0.39, 0.29) is 6.61 Å². The third-order valence-electron chi connectivity index (χ3n) is 4.56. The van der Waals surface area contributed by atoms with Gasteiger partial charge in [0, 0.05) is 18.8 Å². The molecule has 0 unspecified atom stereocenters. The third-order valence-corrected chi connectivity index (χ3v) is 4.56. The maximum Gasteiger partial charge on any atom is 0.151 e. The number of aliphatic hydroxyl groups excluding tert-OH is 1. The summed E-state index contributed by atoms with van der Waals surface area (Å²) in [5, 5.41) is 9.55. The van der Waals surface area contributed by atoms with E-state index >= 15 is 0 Å². The molecule has 0 amide bonds. The van der Waals surface area contributed by atoms with E-state index in [9.17, 15) is 5.11 Å². The Morgan fingerprint density at radius 2 is 2.00 bits per heavy atom. The van der Waals surface area contributed by atoms with Crippen molar-refractivity contribution in [2.45, 2.75) is 58.6 Å². The Hall–Kier alpha value is -1.66. The van der Waals surface area contributed by atoms with Gasteiger partial charge < -0.3 is 20.1 Å². The number of hydrogen-bond donors (Lipinski definition) is 2. The van der Waals surface area contributed by atoms with Crippen molar-refractivity contribution >= 4 is 16.9 Å². The molecule has 2 aromatic rings. The standard InChI is InChI=1S/C17H26N4O2/c1-4-23-17(2,3)16-20-13-14(21(16)9-10-22)11-7-5-6-8-12(11)19-15(13)18/h22H,4-10H2,1-3H3,(H2,18,19). The molecule has 6 heteroatoms. The highest BCUT2D eigenvalue weighted by atomic mass is 16.5. The van der Waals surface area contributed by atoms with Crippen LogP contribution in [0.25, 0.3) is 11.0 Å². The van der Waals surface area contributed by atoms with E-state index < -0.39 is 5.60 Å². The summed E-state index contributed by atoms with van der Waals surface area (Å²) in [4.78, 5) is 9.35. The molecule has 0 atom stereocenters. The number of ether oxygens (including phenoxy) is 1. The van der Waals surface area contributed by atoms with Crippen LogP contribution in [-0.4, -0.2) is 32.9 Å². The summed E-state index contributed by atoms with van der Waals surface area (Å²) < 4.78 is 7.97. The van der Waals surface area contributed by atoms with Crippen LogP contribution in [0.5, 0.6) is 0 Å². The lowest BCUT2D eigenvalue weighted by Crippen LogP contribution is -2.27. The number of fused-ring (bicyclic) bond motifs is 3. The van der Waals surface area contributed by atoms with E-state index in [1.165, 1.54) is 5.56 Å². The van der Waals surface area contributed by atoms with Gasteiger partial charge in [-0.2, -0.15) is 0 Å². The highest BCUT2D eigenvalue weighted by Gasteiger charge is 2.31. The molecule has 6 nitrogen and oxygen atoms in total. The van der Waals surface area contributed by atoms with Gasteiger partial charge in [0.15, 0.2) is 5.82 Å². The summed E-state index contributed by atoms with van der Waals surface area (Å²) in [5.74, 6) is 1.28. The molecule has 3 N–H and O–H groups in total. The Balaban J connectivity index is 2.30. The molecule has 0 spiro atoms. The molecule has 126 valence electrons. The molecule has 0 aliphatic heterocycles. The minimum absolute atomic E-state index is 0.0532. The van der Waals surface area contributed by atoms with Gasteiger partial charge in [-0.05, 0) is 52.0 Å². The van der Waals surface area contributed by atoms with E-state index in [1.807, 2.05) is 20.8 Å². The van der Waals surface area contributed by atoms with E-state index in [4.69, 9.17) is 15.5 Å². The largest absolute Gasteiger partial charge is 0.395 e. The number of anilines is 1. The van der Waals surface area contributed by atoms with Gasteiger partial charge in [-0.1, -0.05) is 0 Å². The summed E-state index contributed by atoms with van der Waals surface area (Å²) in [7, 11) is 0. The van der Waals surface area contributed by atoms with Crippen LogP contribution in [0.2, 0.25) is 0 Å². The minimum Gasteiger partial charge on any atom is -0.395 e. The minimum atomic E-state index is -0.545. The Kier molecular flexibility index (Phi) is 4.29. The highest BCUT2D eigenvalue weighted by Crippen LogP contribution is 2.35. The maximum atomic E-state index is 9.55. The van der Waals surface area contributed by atoms with Gasteiger partial charge in [0.1, 0.15) is 16.9 Å². The summed E-state index contributed by atoms with van der Waals surface area (Å²) in [6, 6.07) is 0. The number of nitrogen functional groups attached to an aromatic ring is 1. The Morgan fingerprint density at radius 1 is 1.26 bits per heavy atom. The quantitative estimate of drug-likeness (QED) is 0.882. The zero-order valence-corrected chi connectivity index (χ0v) is 14.2. The first-order valence-corrected chi connectivity index (χ1v) is 8.42. The van der Waals surface area contributed by atoms with Crippen molar-refractivity contribution in [1.82, 2.24) is 14.5 Å². The van der Waals surface area contributed by atoms with Crippen LogP contribution < -0.4 is 5.73 Å². The molecule has 0 saturated carbocycles. The monoisotopic (exact) mass is 318 g/mol. The molecular formula is C17H26N4O2. The van der Waals surface area contributed by atoms with E-state index in [1.54, 1.807) is 0 Å². The van der Waals surface area contributed by atoms with Crippen molar-refractivity contribution in [3.63, 3.8) is 0 Å². The van der Waals surface area contributed by atoms with Crippen LogP contribution in [0.1, 0.15) is 50.7 Å². The zero-order valence-electron chi connectivity index (χ0n) is 14.2. The van der Waals surface area contributed by atoms with Crippen molar-refractivity contribution in [2.24, 2.45) is 0 Å². The Morgan fingerprint density at radius 3 is 2.70 bits per heavy atom. The Labute approximate surface area is 136 Å². The molecular weight excluding hydrogens is 292 g/mol. The number of aliphatic hydroxyl groups is 1. The number of nitrogens with zero attached hydrogens (tertiary/aromatic N) is 3. The molecule has 23 heavy (non-hydrogen) atoms. The SMILES string of the molecule is CCOC(C)(C)c1nc2c(N)nc3c(c2n1CCO)CCCC3. The molecule has 0 fully saturated rings. The van der Waals surface area contributed by atoms with Gasteiger partial charge in [0.25, 0.3) is 0 Å². The zero-order chi connectivity index (χ0) is 16.6. The molecule has 0 aromatic carbocycles. The molecule has 0 radical (unpaired) electrons. The van der Waals surface area contributed by atoms with Gasteiger partial charge in [-0.15, -0.1) is 0 Å². The van der Waals surface area contributed by atoms with E-state index in [0.717, 1.165) is 48.2 Å². The average molecular weight is 318 g/mol. The number of rotatable bonds is 5. The van der Waals surface area contributed by atoms with Crippen molar-refractivity contribution in [1.29, 1.82) is 0 Å². The first kappa shape index (κ1) is 16.2. The smallest absolute Gasteiger partial charge is 0.151 e. The van der Waals surface area contributed by atoms with Crippen molar-refractivity contribution < 1.29 is 9.84 Å². The van der Waals surface area contributed by atoms with Gasteiger partial charge in [0.2, 0.25) is 0 Å². The number of imidazole rings is 1. The van der Waals surface area contributed by atoms with Crippen LogP contribution in [0.15, 0.2) is 0 Å². The first-order chi connectivity index (χ1) is 11.0. The second-order valence-corrected chi connectivity index (χ2v) is 6.58. The number of aromatic nitrogens is 3. The fourth-order valence-electron chi connectivity index (χ4n) is 3.61. The normalized spacial score (nSPS) is 15.1. The van der Waals surface area contributed by atoms with Crippen LogP contribution >= 0.6 is 0 Å². The predicted octanol–water partition coefficient (Wildman–Crippen LogP) is 2.16. The van der Waals surface area contributed by atoms with Gasteiger partial charge in [0.05, 0.1) is 12.1 Å². The van der Waals surface area contributed by atoms with E-state index in [0.29, 0.717) is 19.0 Å². The van der Waals surface area contributed by atoms with Crippen LogP contribution in [0, 0.1) is 0 Å². The summed E-state index contributed by atoms with van der Waals surface area (Å²) in [6.45, 7) is 7.11. The number of nitrogens with two attached hydrogens (primary N) is 1. The van der Waals surface area contributed by atoms with Crippen LogP contribution in [0.3, 0.4) is 0 Å². The summed E-state index contributed by atoms with van der Waals surface area (Å²) >= 11 is 0. The van der Waals surface area contributed by atoms with Gasteiger partial charge >= 0.3 is 0 Å². The number of hydrogen-bond acceptors (Lipinski definition) is 5. The fraction of sp³-hybridized carbons (Fsp3) is 0.647. The summed E-state index contributed by atoms with van der Waals surface area (Å²) in [6.07, 6.45) is 4.26.